The third kappa shape index (κ3) is 3.13. The number of halogens is 2. The lowest BCUT2D eigenvalue weighted by Crippen LogP contribution is -2.24. The summed E-state index contributed by atoms with van der Waals surface area (Å²) in [6.45, 7) is 0.0320. The van der Waals surface area contributed by atoms with Gasteiger partial charge in [0.2, 0.25) is 0 Å². The largest absolute Gasteiger partial charge is 0.380 e. The van der Waals surface area contributed by atoms with Gasteiger partial charge in [-0.1, -0.05) is 9.24 Å². The second kappa shape index (κ2) is 6.04. The number of aromatic amines is 1. The molecule has 11 heteroatoms. The van der Waals surface area contributed by atoms with Gasteiger partial charge in [0.15, 0.2) is 11.5 Å². The maximum atomic E-state index is 13.2. The molecule has 0 saturated carbocycles. The number of amides is 1. The maximum Gasteiger partial charge on any atom is 0.300 e. The van der Waals surface area contributed by atoms with Crippen LogP contribution in [0.25, 0.3) is 11.0 Å². The van der Waals surface area contributed by atoms with Crippen molar-refractivity contribution in [3.8, 4) is 0 Å². The number of nitrogens with one attached hydrogen (secondary N) is 2. The van der Waals surface area contributed by atoms with Crippen molar-refractivity contribution in [2.45, 2.75) is 12.2 Å². The molecule has 8 nitrogen and oxygen atoms in total. The molecular formula is C13H12F2N7OP. The van der Waals surface area contributed by atoms with Crippen LogP contribution in [0.2, 0.25) is 0 Å². The number of nitrogen functional groups attached to an aromatic ring is 1. The smallest absolute Gasteiger partial charge is 0.300 e. The minimum atomic E-state index is -3.13. The molecule has 0 spiro atoms. The van der Waals surface area contributed by atoms with Crippen molar-refractivity contribution < 1.29 is 13.6 Å². The predicted molar refractivity (Wildman–Crippen MR) is 85.1 cm³/mol. The van der Waals surface area contributed by atoms with Gasteiger partial charge in [0.1, 0.15) is 23.1 Å². The number of carbonyl (C=O) groups is 1. The highest BCUT2D eigenvalue weighted by atomic mass is 31.0. The minimum absolute atomic E-state index is 0.0320. The minimum Gasteiger partial charge on any atom is -0.380 e. The van der Waals surface area contributed by atoms with Crippen LogP contribution in [0.1, 0.15) is 21.7 Å². The second-order valence-electron chi connectivity index (χ2n) is 4.91. The van der Waals surface area contributed by atoms with E-state index < -0.39 is 17.3 Å². The number of fused-ring (bicyclic) bond motifs is 1. The van der Waals surface area contributed by atoms with Gasteiger partial charge in [0, 0.05) is 12.7 Å². The van der Waals surface area contributed by atoms with Crippen LogP contribution < -0.4 is 11.1 Å². The van der Waals surface area contributed by atoms with Crippen molar-refractivity contribution in [2.75, 3.05) is 5.73 Å². The molecule has 1 amide bonds. The molecule has 0 saturated heterocycles. The van der Waals surface area contributed by atoms with Crippen LogP contribution in [0.4, 0.5) is 14.6 Å². The molecule has 0 radical (unpaired) electrons. The summed E-state index contributed by atoms with van der Waals surface area (Å²) in [5.41, 5.74) is 3.28. The standard InChI is InChI=1S/C13H12F2N7OP/c14-13(15,24)7-3-6(1-2-17-7)4-18-12(23)10-8-9(19-5-20-10)11(16)22-21-8/h1-3,5H,4,24H2,(H,18,23)(H3,16,21,22). The lowest BCUT2D eigenvalue weighted by atomic mass is 10.2. The molecule has 3 aromatic rings. The van der Waals surface area contributed by atoms with Crippen molar-refractivity contribution in [1.29, 1.82) is 0 Å². The van der Waals surface area contributed by atoms with E-state index in [2.05, 4.69) is 30.5 Å². The van der Waals surface area contributed by atoms with E-state index in [1.54, 1.807) is 0 Å². The summed E-state index contributed by atoms with van der Waals surface area (Å²) in [5, 5.41) is 8.96. The van der Waals surface area contributed by atoms with Gasteiger partial charge in [-0.05, 0) is 17.7 Å². The first kappa shape index (κ1) is 16.1. The lowest BCUT2D eigenvalue weighted by Gasteiger charge is -2.11. The normalized spacial score (nSPS) is 11.6. The zero-order chi connectivity index (χ0) is 17.3. The van der Waals surface area contributed by atoms with E-state index in [-0.39, 0.29) is 18.1 Å². The summed E-state index contributed by atoms with van der Waals surface area (Å²) in [5.74, 6) is -0.357. The number of hydrogen-bond acceptors (Lipinski definition) is 6. The molecule has 1 unspecified atom stereocenters. The zero-order valence-corrected chi connectivity index (χ0v) is 13.3. The van der Waals surface area contributed by atoms with Gasteiger partial charge in [0.25, 0.3) is 11.6 Å². The van der Waals surface area contributed by atoms with Crippen LogP contribution in [0.15, 0.2) is 24.7 Å². The van der Waals surface area contributed by atoms with Crippen LogP contribution in [0, 0.1) is 0 Å². The summed E-state index contributed by atoms with van der Waals surface area (Å²) < 4.78 is 26.5. The first-order valence-electron chi connectivity index (χ1n) is 6.71. The van der Waals surface area contributed by atoms with Crippen molar-refractivity contribution >= 4 is 32.0 Å². The molecule has 0 fully saturated rings. The Morgan fingerprint density at radius 3 is 2.92 bits per heavy atom. The second-order valence-corrected chi connectivity index (χ2v) is 5.63. The Bertz CT molecular complexity index is 909. The Hall–Kier alpha value is -2.74. The Balaban J connectivity index is 1.78. The summed E-state index contributed by atoms with van der Waals surface area (Å²) in [6.07, 6.45) is 2.45. The van der Waals surface area contributed by atoms with E-state index in [0.29, 0.717) is 16.6 Å². The van der Waals surface area contributed by atoms with Gasteiger partial charge in [-0.25, -0.2) is 9.97 Å². The average molecular weight is 351 g/mol. The summed E-state index contributed by atoms with van der Waals surface area (Å²) in [6, 6.07) is 2.75. The molecule has 3 rings (SSSR count). The average Bonchev–Trinajstić information content (AvgIpc) is 2.93. The number of alkyl halides is 2. The van der Waals surface area contributed by atoms with Gasteiger partial charge in [0.05, 0.1) is 0 Å². The van der Waals surface area contributed by atoms with Gasteiger partial charge >= 0.3 is 0 Å². The van der Waals surface area contributed by atoms with E-state index in [0.717, 1.165) is 0 Å². The van der Waals surface area contributed by atoms with Crippen molar-refractivity contribution in [2.24, 2.45) is 0 Å². The van der Waals surface area contributed by atoms with Gasteiger partial charge in [-0.3, -0.25) is 14.9 Å². The molecule has 4 N–H and O–H groups in total. The number of rotatable bonds is 4. The summed E-state index contributed by atoms with van der Waals surface area (Å²) in [7, 11) is 1.42. The highest BCUT2D eigenvalue weighted by Crippen LogP contribution is 2.33. The van der Waals surface area contributed by atoms with Crippen LogP contribution in [-0.2, 0) is 12.2 Å². The predicted octanol–water partition coefficient (Wildman–Crippen LogP) is 1.18. The molecule has 3 heterocycles. The highest BCUT2D eigenvalue weighted by molar-refractivity contribution is 7.17. The maximum absolute atomic E-state index is 13.2. The molecule has 24 heavy (non-hydrogen) atoms. The highest BCUT2D eigenvalue weighted by Gasteiger charge is 2.26. The fourth-order valence-electron chi connectivity index (χ4n) is 2.06. The van der Waals surface area contributed by atoms with Gasteiger partial charge < -0.3 is 11.1 Å². The monoisotopic (exact) mass is 351 g/mol. The first-order valence-corrected chi connectivity index (χ1v) is 7.29. The fraction of sp³-hybridized carbons (Fsp3) is 0.154. The Morgan fingerprint density at radius 1 is 1.38 bits per heavy atom. The topological polar surface area (TPSA) is 122 Å². The van der Waals surface area contributed by atoms with Crippen molar-refractivity contribution in [3.63, 3.8) is 0 Å². The SMILES string of the molecule is Nc1n[nH]c2c(C(=O)NCc3ccnc(C(F)(F)P)c3)ncnc12. The van der Waals surface area contributed by atoms with Crippen LogP contribution in [0.3, 0.4) is 0 Å². The molecule has 3 aromatic heterocycles. The molecular weight excluding hydrogens is 339 g/mol. The molecule has 0 aliphatic heterocycles. The Morgan fingerprint density at radius 2 is 2.17 bits per heavy atom. The van der Waals surface area contributed by atoms with Crippen LogP contribution >= 0.6 is 9.24 Å². The van der Waals surface area contributed by atoms with E-state index in [1.165, 1.54) is 33.9 Å². The molecule has 0 aromatic carbocycles. The van der Waals surface area contributed by atoms with Crippen molar-refractivity contribution in [3.05, 3.63) is 41.6 Å². The van der Waals surface area contributed by atoms with Gasteiger partial charge in [-0.2, -0.15) is 13.9 Å². The third-order valence-electron chi connectivity index (χ3n) is 3.21. The molecule has 0 bridgehead atoms. The first-order chi connectivity index (χ1) is 11.4. The van der Waals surface area contributed by atoms with E-state index in [4.69, 9.17) is 5.73 Å². The number of pyridine rings is 1. The van der Waals surface area contributed by atoms with Gasteiger partial charge in [-0.15, -0.1) is 0 Å². The number of carbonyl (C=O) groups excluding carboxylic acids is 1. The Kier molecular flexibility index (Phi) is 4.06. The van der Waals surface area contributed by atoms with Crippen LogP contribution in [0.5, 0.6) is 0 Å². The van der Waals surface area contributed by atoms with Crippen molar-refractivity contribution in [1.82, 2.24) is 30.5 Å². The third-order valence-corrected chi connectivity index (χ3v) is 3.51. The van der Waals surface area contributed by atoms with E-state index in [1.807, 2.05) is 0 Å². The van der Waals surface area contributed by atoms with E-state index in [9.17, 15) is 13.6 Å². The lowest BCUT2D eigenvalue weighted by molar-refractivity contribution is 0.0947. The number of hydrogen-bond donors (Lipinski definition) is 3. The van der Waals surface area contributed by atoms with E-state index >= 15 is 0 Å². The molecule has 1 atom stereocenters. The molecule has 0 aliphatic carbocycles. The number of aromatic nitrogens is 5. The molecule has 124 valence electrons. The van der Waals surface area contributed by atoms with Crippen LogP contribution in [-0.4, -0.2) is 31.1 Å². The number of nitrogens with two attached hydrogens (primary N) is 1. The Labute approximate surface area is 136 Å². The summed E-state index contributed by atoms with van der Waals surface area (Å²) in [4.78, 5) is 23.7. The quantitative estimate of drug-likeness (QED) is 0.607. The molecule has 0 aliphatic rings. The zero-order valence-electron chi connectivity index (χ0n) is 12.1. The number of anilines is 1. The fourth-order valence-corrected chi connectivity index (χ4v) is 2.22. The number of H-pyrrole nitrogens is 1. The number of nitrogens with zero attached hydrogens (tertiary/aromatic N) is 4. The summed E-state index contributed by atoms with van der Waals surface area (Å²) >= 11 is 0.